The van der Waals surface area contributed by atoms with Gasteiger partial charge in [-0.15, -0.1) is 0 Å². The lowest BCUT2D eigenvalue weighted by Gasteiger charge is -2.17. The fourth-order valence-electron chi connectivity index (χ4n) is 1.87. The number of nitrogens with two attached hydrogens (primary N) is 1. The zero-order chi connectivity index (χ0) is 12.8. The number of hydrogen-bond acceptors (Lipinski definition) is 3. The Hall–Kier alpha value is -1.06. The third kappa shape index (κ3) is 3.72. The lowest BCUT2D eigenvalue weighted by atomic mass is 9.95. The fraction of sp³-hybridized carbons (Fsp3) is 0.571. The van der Waals surface area contributed by atoms with Crippen molar-refractivity contribution < 1.29 is 9.84 Å². The van der Waals surface area contributed by atoms with Gasteiger partial charge in [-0.1, -0.05) is 26.0 Å². The van der Waals surface area contributed by atoms with Gasteiger partial charge in [0, 0.05) is 18.2 Å². The van der Waals surface area contributed by atoms with Crippen LogP contribution in [-0.4, -0.2) is 18.8 Å². The van der Waals surface area contributed by atoms with Gasteiger partial charge in [0.2, 0.25) is 0 Å². The first-order valence-corrected chi connectivity index (χ1v) is 6.14. The van der Waals surface area contributed by atoms with Crippen molar-refractivity contribution in [1.29, 1.82) is 0 Å². The summed E-state index contributed by atoms with van der Waals surface area (Å²) in [4.78, 5) is 0. The number of benzene rings is 1. The molecule has 17 heavy (non-hydrogen) atoms. The number of methoxy groups -OCH3 is 1. The van der Waals surface area contributed by atoms with E-state index in [4.69, 9.17) is 15.6 Å². The van der Waals surface area contributed by atoms with Crippen LogP contribution in [0, 0.1) is 0 Å². The van der Waals surface area contributed by atoms with E-state index in [0.717, 1.165) is 24.2 Å². The second kappa shape index (κ2) is 6.62. The topological polar surface area (TPSA) is 55.5 Å². The van der Waals surface area contributed by atoms with Crippen molar-refractivity contribution in [3.8, 4) is 5.75 Å². The molecule has 0 aliphatic rings. The van der Waals surface area contributed by atoms with Crippen molar-refractivity contribution in [2.24, 2.45) is 5.73 Å². The quantitative estimate of drug-likeness (QED) is 0.799. The molecule has 0 aromatic heterocycles. The Kier molecular flexibility index (Phi) is 5.45. The average Bonchev–Trinajstić information content (AvgIpc) is 2.34. The Morgan fingerprint density at radius 3 is 2.59 bits per heavy atom. The molecule has 0 fully saturated rings. The molecule has 0 bridgehead atoms. The highest BCUT2D eigenvalue weighted by Gasteiger charge is 2.13. The normalized spacial score (nSPS) is 12.8. The molecule has 0 saturated heterocycles. The smallest absolute Gasteiger partial charge is 0.123 e. The first kappa shape index (κ1) is 14.0. The van der Waals surface area contributed by atoms with E-state index in [2.05, 4.69) is 26.0 Å². The maximum atomic E-state index is 8.84. The lowest BCUT2D eigenvalue weighted by Crippen LogP contribution is -2.12. The van der Waals surface area contributed by atoms with Crippen LogP contribution in [0.25, 0.3) is 0 Å². The summed E-state index contributed by atoms with van der Waals surface area (Å²) in [5, 5.41) is 8.84. The molecule has 0 aliphatic carbocycles. The first-order chi connectivity index (χ1) is 8.10. The van der Waals surface area contributed by atoms with Gasteiger partial charge in [0.1, 0.15) is 5.75 Å². The lowest BCUT2D eigenvalue weighted by molar-refractivity contribution is 0.279. The molecule has 1 aromatic carbocycles. The largest absolute Gasteiger partial charge is 0.496 e. The molecule has 3 N–H and O–H groups in total. The standard InChI is InChI=1S/C14H23NO2/c1-10(2)11-6-7-14(17-3)12(9-11)13(15)5-4-8-16/h6-7,9-10,13,16H,4-5,8,15H2,1-3H3. The molecule has 1 unspecified atom stereocenters. The van der Waals surface area contributed by atoms with E-state index < -0.39 is 0 Å². The minimum Gasteiger partial charge on any atom is -0.496 e. The minimum absolute atomic E-state index is 0.0733. The van der Waals surface area contributed by atoms with E-state index in [-0.39, 0.29) is 12.6 Å². The SMILES string of the molecule is COc1ccc(C(C)C)cc1C(N)CCCO. The van der Waals surface area contributed by atoms with Crippen LogP contribution in [0.3, 0.4) is 0 Å². The van der Waals surface area contributed by atoms with Gasteiger partial charge in [0.15, 0.2) is 0 Å². The number of hydrogen-bond donors (Lipinski definition) is 2. The third-order valence-electron chi connectivity index (χ3n) is 2.99. The number of aliphatic hydroxyl groups excluding tert-OH is 1. The summed E-state index contributed by atoms with van der Waals surface area (Å²) in [6.45, 7) is 4.50. The predicted octanol–water partition coefficient (Wildman–Crippen LogP) is 2.59. The molecule has 3 heteroatoms. The predicted molar refractivity (Wildman–Crippen MR) is 70.3 cm³/mol. The zero-order valence-corrected chi connectivity index (χ0v) is 10.9. The Bertz CT molecular complexity index is 350. The maximum Gasteiger partial charge on any atom is 0.123 e. The van der Waals surface area contributed by atoms with Gasteiger partial charge >= 0.3 is 0 Å². The fourth-order valence-corrected chi connectivity index (χ4v) is 1.87. The monoisotopic (exact) mass is 237 g/mol. The van der Waals surface area contributed by atoms with Crippen LogP contribution in [0.2, 0.25) is 0 Å². The highest BCUT2D eigenvalue weighted by Crippen LogP contribution is 2.29. The molecular formula is C14H23NO2. The van der Waals surface area contributed by atoms with E-state index in [0.29, 0.717) is 5.92 Å². The molecule has 0 radical (unpaired) electrons. The van der Waals surface area contributed by atoms with Gasteiger partial charge in [-0.3, -0.25) is 0 Å². The molecule has 1 aromatic rings. The average molecular weight is 237 g/mol. The van der Waals surface area contributed by atoms with E-state index in [1.54, 1.807) is 7.11 Å². The van der Waals surface area contributed by atoms with Crippen molar-refractivity contribution in [3.05, 3.63) is 29.3 Å². The van der Waals surface area contributed by atoms with Gasteiger partial charge in [0.25, 0.3) is 0 Å². The van der Waals surface area contributed by atoms with Gasteiger partial charge in [-0.25, -0.2) is 0 Å². The second-order valence-corrected chi connectivity index (χ2v) is 4.63. The van der Waals surface area contributed by atoms with Crippen molar-refractivity contribution in [2.45, 2.75) is 38.6 Å². The van der Waals surface area contributed by atoms with E-state index in [9.17, 15) is 0 Å². The van der Waals surface area contributed by atoms with E-state index in [1.807, 2.05) is 6.07 Å². The van der Waals surface area contributed by atoms with Gasteiger partial charge < -0.3 is 15.6 Å². The van der Waals surface area contributed by atoms with E-state index in [1.165, 1.54) is 5.56 Å². The van der Waals surface area contributed by atoms with Crippen LogP contribution in [0.4, 0.5) is 0 Å². The molecule has 1 atom stereocenters. The number of ether oxygens (including phenoxy) is 1. The molecule has 96 valence electrons. The molecule has 0 aliphatic heterocycles. The molecule has 0 spiro atoms. The van der Waals surface area contributed by atoms with Crippen molar-refractivity contribution in [3.63, 3.8) is 0 Å². The highest BCUT2D eigenvalue weighted by atomic mass is 16.5. The molecule has 0 saturated carbocycles. The van der Waals surface area contributed by atoms with Gasteiger partial charge in [0.05, 0.1) is 7.11 Å². The molecule has 0 amide bonds. The van der Waals surface area contributed by atoms with Crippen LogP contribution in [-0.2, 0) is 0 Å². The second-order valence-electron chi connectivity index (χ2n) is 4.63. The summed E-state index contributed by atoms with van der Waals surface area (Å²) in [6, 6.07) is 6.09. The minimum atomic E-state index is -0.0733. The molecule has 1 rings (SSSR count). The van der Waals surface area contributed by atoms with Crippen LogP contribution < -0.4 is 10.5 Å². The summed E-state index contributed by atoms with van der Waals surface area (Å²) in [5.41, 5.74) is 8.43. The third-order valence-corrected chi connectivity index (χ3v) is 2.99. The van der Waals surface area contributed by atoms with Gasteiger partial charge in [-0.05, 0) is 30.4 Å². The van der Waals surface area contributed by atoms with Crippen LogP contribution in [0.15, 0.2) is 18.2 Å². The Morgan fingerprint density at radius 2 is 2.06 bits per heavy atom. The maximum absolute atomic E-state index is 8.84. The first-order valence-electron chi connectivity index (χ1n) is 6.14. The van der Waals surface area contributed by atoms with E-state index >= 15 is 0 Å². The van der Waals surface area contributed by atoms with Gasteiger partial charge in [-0.2, -0.15) is 0 Å². The van der Waals surface area contributed by atoms with Crippen LogP contribution >= 0.6 is 0 Å². The van der Waals surface area contributed by atoms with Crippen molar-refractivity contribution in [1.82, 2.24) is 0 Å². The molecule has 3 nitrogen and oxygen atoms in total. The summed E-state index contributed by atoms with van der Waals surface area (Å²) in [6.07, 6.45) is 1.49. The number of rotatable bonds is 6. The van der Waals surface area contributed by atoms with Crippen LogP contribution in [0.1, 0.15) is 49.8 Å². The Balaban J connectivity index is 2.96. The highest BCUT2D eigenvalue weighted by molar-refractivity contribution is 5.40. The number of aliphatic hydroxyl groups is 1. The zero-order valence-electron chi connectivity index (χ0n) is 10.9. The van der Waals surface area contributed by atoms with Crippen LogP contribution in [0.5, 0.6) is 5.75 Å². The molecule has 0 heterocycles. The Morgan fingerprint density at radius 1 is 1.35 bits per heavy atom. The Labute approximate surface area is 104 Å². The summed E-state index contributed by atoms with van der Waals surface area (Å²) >= 11 is 0. The summed E-state index contributed by atoms with van der Waals surface area (Å²) < 4.78 is 5.34. The molecular weight excluding hydrogens is 214 g/mol. The summed E-state index contributed by atoms with van der Waals surface area (Å²) in [5.74, 6) is 1.31. The van der Waals surface area contributed by atoms with Crippen molar-refractivity contribution >= 4 is 0 Å². The summed E-state index contributed by atoms with van der Waals surface area (Å²) in [7, 11) is 1.66. The van der Waals surface area contributed by atoms with Crippen molar-refractivity contribution in [2.75, 3.05) is 13.7 Å².